The van der Waals surface area contributed by atoms with Gasteiger partial charge in [-0.15, -0.1) is 0 Å². The van der Waals surface area contributed by atoms with Crippen LogP contribution in [0.25, 0.3) is 10.8 Å². The number of hydrogen-bond acceptors (Lipinski definition) is 5. The normalized spacial score (nSPS) is 16.4. The first kappa shape index (κ1) is 18.2. The van der Waals surface area contributed by atoms with Crippen molar-refractivity contribution in [2.24, 2.45) is 0 Å². The van der Waals surface area contributed by atoms with Crippen LogP contribution in [0, 0.1) is 0 Å². The van der Waals surface area contributed by atoms with Crippen LogP contribution in [0.2, 0.25) is 5.02 Å². The third-order valence-electron chi connectivity index (χ3n) is 4.03. The number of nitrogens with zero attached hydrogens (tertiary/aromatic N) is 1. The van der Waals surface area contributed by atoms with E-state index in [-0.39, 0.29) is 26.4 Å². The number of rotatable bonds is 4. The lowest BCUT2D eigenvalue weighted by atomic mass is 10.1. The fourth-order valence-corrected chi connectivity index (χ4v) is 5.53. The van der Waals surface area contributed by atoms with Gasteiger partial charge in [0.2, 0.25) is 20.0 Å². The van der Waals surface area contributed by atoms with Gasteiger partial charge in [0.15, 0.2) is 0 Å². The van der Waals surface area contributed by atoms with Crippen molar-refractivity contribution in [3.05, 3.63) is 29.3 Å². The molecule has 1 heterocycles. The van der Waals surface area contributed by atoms with E-state index in [1.807, 2.05) is 0 Å². The van der Waals surface area contributed by atoms with E-state index >= 15 is 0 Å². The monoisotopic (exact) mass is 404 g/mol. The topological polar surface area (TPSA) is 104 Å². The van der Waals surface area contributed by atoms with Crippen LogP contribution >= 0.6 is 11.6 Å². The molecule has 1 aliphatic rings. The Balaban J connectivity index is 2.24. The van der Waals surface area contributed by atoms with Gasteiger partial charge in [0.1, 0.15) is 10.6 Å². The Bertz CT molecular complexity index is 1050. The van der Waals surface area contributed by atoms with Gasteiger partial charge < -0.3 is 5.11 Å². The number of aromatic hydroxyl groups is 1. The lowest BCUT2D eigenvalue weighted by molar-refractivity contribution is 0.448. The number of halogens is 1. The highest BCUT2D eigenvalue weighted by Crippen LogP contribution is 2.41. The van der Waals surface area contributed by atoms with Crippen LogP contribution in [0.4, 0.5) is 5.69 Å². The minimum Gasteiger partial charge on any atom is -0.506 e. The van der Waals surface area contributed by atoms with Crippen molar-refractivity contribution in [1.29, 1.82) is 0 Å². The first-order chi connectivity index (χ1) is 11.6. The number of nitrogens with one attached hydrogen (secondary N) is 1. The van der Waals surface area contributed by atoms with Crippen LogP contribution in [0.15, 0.2) is 29.2 Å². The summed E-state index contributed by atoms with van der Waals surface area (Å²) in [5.41, 5.74) is 0.172. The Morgan fingerprint density at radius 3 is 2.40 bits per heavy atom. The number of phenols is 1. The molecule has 1 aliphatic heterocycles. The van der Waals surface area contributed by atoms with Crippen molar-refractivity contribution in [2.75, 3.05) is 24.1 Å². The Hall–Kier alpha value is -1.55. The van der Waals surface area contributed by atoms with Gasteiger partial charge in [-0.25, -0.2) is 16.8 Å². The van der Waals surface area contributed by atoms with E-state index in [9.17, 15) is 21.9 Å². The molecular weight excluding hydrogens is 388 g/mol. The maximum atomic E-state index is 12.8. The van der Waals surface area contributed by atoms with Crippen molar-refractivity contribution in [3.63, 3.8) is 0 Å². The van der Waals surface area contributed by atoms with E-state index < -0.39 is 25.8 Å². The van der Waals surface area contributed by atoms with Crippen molar-refractivity contribution in [2.45, 2.75) is 17.7 Å². The molecule has 136 valence electrons. The quantitative estimate of drug-likeness (QED) is 0.814. The van der Waals surface area contributed by atoms with E-state index in [1.165, 1.54) is 28.6 Å². The molecule has 25 heavy (non-hydrogen) atoms. The van der Waals surface area contributed by atoms with E-state index in [0.717, 1.165) is 19.1 Å². The summed E-state index contributed by atoms with van der Waals surface area (Å²) >= 11 is 6.25. The molecule has 2 aromatic carbocycles. The average molecular weight is 405 g/mol. The molecular formula is C15H17ClN2O5S2. The zero-order chi connectivity index (χ0) is 18.4. The van der Waals surface area contributed by atoms with Crippen LogP contribution in [-0.4, -0.2) is 45.6 Å². The molecule has 7 nitrogen and oxygen atoms in total. The number of fused-ring (bicyclic) bond motifs is 1. The Kier molecular flexibility index (Phi) is 4.61. The molecule has 0 amide bonds. The Morgan fingerprint density at radius 2 is 1.80 bits per heavy atom. The van der Waals surface area contributed by atoms with Gasteiger partial charge in [0.05, 0.1) is 17.0 Å². The van der Waals surface area contributed by atoms with Crippen molar-refractivity contribution >= 4 is 48.1 Å². The summed E-state index contributed by atoms with van der Waals surface area (Å²) in [6.07, 6.45) is 2.53. The highest BCUT2D eigenvalue weighted by molar-refractivity contribution is 7.92. The minimum absolute atomic E-state index is 0.0392. The molecule has 1 saturated heterocycles. The van der Waals surface area contributed by atoms with E-state index in [2.05, 4.69) is 4.72 Å². The second kappa shape index (κ2) is 6.31. The van der Waals surface area contributed by atoms with Crippen LogP contribution < -0.4 is 4.72 Å². The van der Waals surface area contributed by atoms with Gasteiger partial charge in [-0.1, -0.05) is 23.7 Å². The number of anilines is 1. The predicted molar refractivity (Wildman–Crippen MR) is 97.1 cm³/mol. The van der Waals surface area contributed by atoms with Gasteiger partial charge in [-0.2, -0.15) is 4.31 Å². The highest BCUT2D eigenvalue weighted by Gasteiger charge is 2.31. The minimum atomic E-state index is -3.87. The molecule has 0 bridgehead atoms. The van der Waals surface area contributed by atoms with E-state index in [1.54, 1.807) is 0 Å². The van der Waals surface area contributed by atoms with Crippen LogP contribution in [-0.2, 0) is 20.0 Å². The smallest absolute Gasteiger partial charge is 0.246 e. The lowest BCUT2D eigenvalue weighted by Gasteiger charge is -2.18. The number of phenolic OH excluding ortho intramolecular Hbond substituents is 1. The van der Waals surface area contributed by atoms with E-state index in [0.29, 0.717) is 13.1 Å². The molecule has 2 N–H and O–H groups in total. The molecule has 3 rings (SSSR count). The van der Waals surface area contributed by atoms with Crippen molar-refractivity contribution in [3.8, 4) is 5.75 Å². The first-order valence-electron chi connectivity index (χ1n) is 7.53. The zero-order valence-corrected chi connectivity index (χ0v) is 15.7. The number of sulfonamides is 2. The number of benzene rings is 2. The summed E-state index contributed by atoms with van der Waals surface area (Å²) in [5, 5.41) is 11.0. The lowest BCUT2D eigenvalue weighted by Crippen LogP contribution is -2.28. The molecule has 0 radical (unpaired) electrons. The third kappa shape index (κ3) is 3.41. The zero-order valence-electron chi connectivity index (χ0n) is 13.4. The molecule has 1 fully saturated rings. The van der Waals surface area contributed by atoms with Crippen LogP contribution in [0.3, 0.4) is 0 Å². The van der Waals surface area contributed by atoms with Gasteiger partial charge >= 0.3 is 0 Å². The molecule has 0 unspecified atom stereocenters. The van der Waals surface area contributed by atoms with Gasteiger partial charge in [0.25, 0.3) is 0 Å². The summed E-state index contributed by atoms with van der Waals surface area (Å²) < 4.78 is 52.2. The molecule has 0 atom stereocenters. The second-order valence-electron chi connectivity index (χ2n) is 5.92. The maximum absolute atomic E-state index is 12.8. The molecule has 0 aromatic heterocycles. The summed E-state index contributed by atoms with van der Waals surface area (Å²) in [5.74, 6) is -0.441. The summed E-state index contributed by atoms with van der Waals surface area (Å²) in [6, 6.07) is 5.66. The van der Waals surface area contributed by atoms with Gasteiger partial charge in [0, 0.05) is 23.9 Å². The summed E-state index contributed by atoms with van der Waals surface area (Å²) in [6.45, 7) is 0.792. The average Bonchev–Trinajstić information content (AvgIpc) is 3.04. The molecule has 0 aliphatic carbocycles. The highest BCUT2D eigenvalue weighted by atomic mass is 35.5. The standard InChI is InChI=1S/C15H17ClN2O5S2/c1-24(20,21)17-12-6-4-5-10-14(12)11(16)9-13(15(10)19)25(22,23)18-7-2-3-8-18/h4-6,9,17,19H,2-3,7-8H2,1H3. The second-order valence-corrected chi connectivity index (χ2v) is 9.98. The number of hydrogen-bond donors (Lipinski definition) is 2. The predicted octanol–water partition coefficient (Wildman–Crippen LogP) is 2.35. The largest absolute Gasteiger partial charge is 0.506 e. The molecule has 0 spiro atoms. The summed E-state index contributed by atoms with van der Waals surface area (Å²) in [4.78, 5) is -0.275. The Labute approximate surface area is 151 Å². The van der Waals surface area contributed by atoms with Gasteiger partial charge in [-0.05, 0) is 25.0 Å². The molecule has 0 saturated carbocycles. The van der Waals surface area contributed by atoms with E-state index in [4.69, 9.17) is 11.6 Å². The molecule has 10 heteroatoms. The molecule has 2 aromatic rings. The first-order valence-corrected chi connectivity index (χ1v) is 11.2. The van der Waals surface area contributed by atoms with Crippen LogP contribution in [0.5, 0.6) is 5.75 Å². The van der Waals surface area contributed by atoms with Crippen LogP contribution in [0.1, 0.15) is 12.8 Å². The van der Waals surface area contributed by atoms with Crippen molar-refractivity contribution < 1.29 is 21.9 Å². The fourth-order valence-electron chi connectivity index (χ4n) is 2.94. The third-order valence-corrected chi connectivity index (χ3v) is 6.83. The Morgan fingerprint density at radius 1 is 1.16 bits per heavy atom. The SMILES string of the molecule is CS(=O)(=O)Nc1cccc2c(O)c(S(=O)(=O)N3CCCC3)cc(Cl)c12. The summed E-state index contributed by atoms with van der Waals surface area (Å²) in [7, 11) is -7.44. The maximum Gasteiger partial charge on any atom is 0.246 e. The fraction of sp³-hybridized carbons (Fsp3) is 0.333. The van der Waals surface area contributed by atoms with Crippen molar-refractivity contribution in [1.82, 2.24) is 4.31 Å². The van der Waals surface area contributed by atoms with Gasteiger partial charge in [-0.3, -0.25) is 4.72 Å².